The summed E-state index contributed by atoms with van der Waals surface area (Å²) in [5.41, 5.74) is 1.67. The third-order valence-corrected chi connectivity index (χ3v) is 3.12. The summed E-state index contributed by atoms with van der Waals surface area (Å²) in [6.45, 7) is 2.34. The molecule has 2 aromatic rings. The van der Waals surface area contributed by atoms with Crippen LogP contribution in [0, 0.1) is 6.92 Å². The van der Waals surface area contributed by atoms with Gasteiger partial charge in [0.05, 0.1) is 12.8 Å². The fourth-order valence-electron chi connectivity index (χ4n) is 1.60. The molecule has 2 rings (SSSR count). The minimum absolute atomic E-state index is 0.113. The van der Waals surface area contributed by atoms with Gasteiger partial charge in [-0.2, -0.15) is 0 Å². The molecular formula is C13H14ClN3O2. The Labute approximate surface area is 116 Å². The standard InChI is InChI=1S/C13H14ClN3O2/c1-8-12(14)13(17-7-16-8)15-6-9-3-4-10(18)11(5-9)19-2/h3-5,7,18H,6H2,1-2H3,(H,15,16,17). The molecule has 0 atom stereocenters. The van der Waals surface area contributed by atoms with Crippen molar-refractivity contribution in [2.24, 2.45) is 0 Å². The van der Waals surface area contributed by atoms with Gasteiger partial charge in [-0.25, -0.2) is 9.97 Å². The molecule has 0 bridgehead atoms. The molecule has 0 fully saturated rings. The predicted octanol–water partition coefficient (Wildman–Crippen LogP) is 2.76. The number of methoxy groups -OCH3 is 1. The second kappa shape index (κ2) is 5.75. The largest absolute Gasteiger partial charge is 0.504 e. The van der Waals surface area contributed by atoms with Crippen molar-refractivity contribution in [2.75, 3.05) is 12.4 Å². The van der Waals surface area contributed by atoms with Gasteiger partial charge in [0.25, 0.3) is 0 Å². The van der Waals surface area contributed by atoms with Crippen molar-refractivity contribution >= 4 is 17.4 Å². The monoisotopic (exact) mass is 279 g/mol. The molecule has 6 heteroatoms. The van der Waals surface area contributed by atoms with Gasteiger partial charge in [-0.05, 0) is 24.6 Å². The van der Waals surface area contributed by atoms with Gasteiger partial charge in [0.2, 0.25) is 0 Å². The van der Waals surface area contributed by atoms with Crippen LogP contribution in [-0.2, 0) is 6.54 Å². The van der Waals surface area contributed by atoms with E-state index in [9.17, 15) is 5.11 Å². The zero-order valence-corrected chi connectivity index (χ0v) is 11.4. The minimum Gasteiger partial charge on any atom is -0.504 e. The number of aromatic nitrogens is 2. The summed E-state index contributed by atoms with van der Waals surface area (Å²) in [4.78, 5) is 8.08. The molecule has 0 aliphatic heterocycles. The Morgan fingerprint density at radius 3 is 2.89 bits per heavy atom. The molecule has 1 aromatic heterocycles. The lowest BCUT2D eigenvalue weighted by Gasteiger charge is -2.10. The summed E-state index contributed by atoms with van der Waals surface area (Å²) < 4.78 is 5.05. The van der Waals surface area contributed by atoms with E-state index in [2.05, 4.69) is 15.3 Å². The maximum atomic E-state index is 9.51. The minimum atomic E-state index is 0.113. The van der Waals surface area contributed by atoms with Crippen LogP contribution in [0.3, 0.4) is 0 Å². The number of aryl methyl sites for hydroxylation is 1. The van der Waals surface area contributed by atoms with Crippen molar-refractivity contribution in [3.05, 3.63) is 40.8 Å². The van der Waals surface area contributed by atoms with Crippen molar-refractivity contribution in [3.8, 4) is 11.5 Å². The second-order valence-electron chi connectivity index (χ2n) is 3.98. The van der Waals surface area contributed by atoms with Crippen LogP contribution in [-0.4, -0.2) is 22.2 Å². The summed E-state index contributed by atoms with van der Waals surface area (Å²) in [6, 6.07) is 5.14. The molecule has 5 nitrogen and oxygen atoms in total. The van der Waals surface area contributed by atoms with Gasteiger partial charge in [0.1, 0.15) is 17.2 Å². The van der Waals surface area contributed by atoms with Gasteiger partial charge in [-0.3, -0.25) is 0 Å². The number of anilines is 1. The smallest absolute Gasteiger partial charge is 0.160 e. The first-order valence-corrected chi connectivity index (χ1v) is 6.06. The molecule has 100 valence electrons. The highest BCUT2D eigenvalue weighted by Gasteiger charge is 2.06. The number of benzene rings is 1. The Morgan fingerprint density at radius 1 is 1.37 bits per heavy atom. The number of hydrogen-bond donors (Lipinski definition) is 2. The number of halogens is 1. The molecule has 0 aliphatic rings. The molecule has 0 amide bonds. The normalized spacial score (nSPS) is 10.3. The molecule has 0 spiro atoms. The Morgan fingerprint density at radius 2 is 2.16 bits per heavy atom. The number of aromatic hydroxyl groups is 1. The number of phenolic OH excluding ortho intramolecular Hbond substituents is 1. The van der Waals surface area contributed by atoms with E-state index < -0.39 is 0 Å². The van der Waals surface area contributed by atoms with Crippen LogP contribution in [0.25, 0.3) is 0 Å². The Hall–Kier alpha value is -2.01. The number of hydrogen-bond acceptors (Lipinski definition) is 5. The summed E-state index contributed by atoms with van der Waals surface area (Å²) in [5.74, 6) is 1.13. The first-order chi connectivity index (χ1) is 9.11. The van der Waals surface area contributed by atoms with Gasteiger partial charge in [-0.1, -0.05) is 17.7 Å². The lowest BCUT2D eigenvalue weighted by Crippen LogP contribution is -2.03. The SMILES string of the molecule is COc1cc(CNc2ncnc(C)c2Cl)ccc1O. The van der Waals surface area contributed by atoms with E-state index in [1.54, 1.807) is 18.2 Å². The zero-order valence-electron chi connectivity index (χ0n) is 10.6. The highest BCUT2D eigenvalue weighted by atomic mass is 35.5. The first kappa shape index (κ1) is 13.4. The second-order valence-corrected chi connectivity index (χ2v) is 4.36. The Kier molecular flexibility index (Phi) is 4.06. The van der Waals surface area contributed by atoms with Crippen molar-refractivity contribution in [1.82, 2.24) is 9.97 Å². The van der Waals surface area contributed by atoms with Gasteiger partial charge in [0.15, 0.2) is 11.5 Å². The maximum Gasteiger partial charge on any atom is 0.160 e. The quantitative estimate of drug-likeness (QED) is 0.901. The zero-order chi connectivity index (χ0) is 13.8. The van der Waals surface area contributed by atoms with Crippen LogP contribution < -0.4 is 10.1 Å². The van der Waals surface area contributed by atoms with Crippen LogP contribution in [0.4, 0.5) is 5.82 Å². The molecule has 19 heavy (non-hydrogen) atoms. The third-order valence-electron chi connectivity index (χ3n) is 2.67. The average molecular weight is 280 g/mol. The van der Waals surface area contributed by atoms with Gasteiger partial charge < -0.3 is 15.2 Å². The highest BCUT2D eigenvalue weighted by molar-refractivity contribution is 6.33. The Balaban J connectivity index is 2.12. The van der Waals surface area contributed by atoms with Crippen LogP contribution in [0.15, 0.2) is 24.5 Å². The molecule has 0 unspecified atom stereocenters. The fraction of sp³-hybridized carbons (Fsp3) is 0.231. The summed E-state index contributed by atoms with van der Waals surface area (Å²) >= 11 is 6.09. The first-order valence-electron chi connectivity index (χ1n) is 5.68. The number of ether oxygens (including phenoxy) is 1. The predicted molar refractivity (Wildman–Crippen MR) is 73.8 cm³/mol. The molecular weight excluding hydrogens is 266 g/mol. The van der Waals surface area contributed by atoms with Crippen LogP contribution in [0.5, 0.6) is 11.5 Å². The Bertz CT molecular complexity index is 590. The van der Waals surface area contributed by atoms with E-state index in [0.717, 1.165) is 11.3 Å². The van der Waals surface area contributed by atoms with Crippen molar-refractivity contribution in [1.29, 1.82) is 0 Å². The lowest BCUT2D eigenvalue weighted by atomic mass is 10.2. The van der Waals surface area contributed by atoms with Crippen LogP contribution in [0.1, 0.15) is 11.3 Å². The summed E-state index contributed by atoms with van der Waals surface area (Å²) in [7, 11) is 1.51. The third kappa shape index (κ3) is 3.06. The molecule has 2 N–H and O–H groups in total. The van der Waals surface area contributed by atoms with Crippen molar-refractivity contribution in [3.63, 3.8) is 0 Å². The maximum absolute atomic E-state index is 9.51. The molecule has 0 radical (unpaired) electrons. The number of nitrogens with one attached hydrogen (secondary N) is 1. The molecule has 0 saturated carbocycles. The average Bonchev–Trinajstić information content (AvgIpc) is 2.42. The topological polar surface area (TPSA) is 67.3 Å². The van der Waals surface area contributed by atoms with E-state index in [1.165, 1.54) is 13.4 Å². The molecule has 1 aromatic carbocycles. The fourth-order valence-corrected chi connectivity index (χ4v) is 1.76. The van der Waals surface area contributed by atoms with E-state index in [-0.39, 0.29) is 5.75 Å². The van der Waals surface area contributed by atoms with Gasteiger partial charge >= 0.3 is 0 Å². The van der Waals surface area contributed by atoms with Gasteiger partial charge in [-0.15, -0.1) is 0 Å². The molecule has 1 heterocycles. The van der Waals surface area contributed by atoms with E-state index in [0.29, 0.717) is 23.1 Å². The number of rotatable bonds is 4. The van der Waals surface area contributed by atoms with E-state index >= 15 is 0 Å². The summed E-state index contributed by atoms with van der Waals surface area (Å²) in [6.07, 6.45) is 1.46. The van der Waals surface area contributed by atoms with Gasteiger partial charge in [0, 0.05) is 6.54 Å². The summed E-state index contributed by atoms with van der Waals surface area (Å²) in [5, 5.41) is 13.1. The molecule has 0 saturated heterocycles. The van der Waals surface area contributed by atoms with Crippen molar-refractivity contribution < 1.29 is 9.84 Å². The van der Waals surface area contributed by atoms with Crippen molar-refractivity contribution in [2.45, 2.75) is 13.5 Å². The highest BCUT2D eigenvalue weighted by Crippen LogP contribution is 2.27. The van der Waals surface area contributed by atoms with Crippen LogP contribution >= 0.6 is 11.6 Å². The molecule has 0 aliphatic carbocycles. The van der Waals surface area contributed by atoms with E-state index in [1.807, 2.05) is 6.92 Å². The number of phenols is 1. The van der Waals surface area contributed by atoms with E-state index in [4.69, 9.17) is 16.3 Å². The van der Waals surface area contributed by atoms with Crippen LogP contribution in [0.2, 0.25) is 5.02 Å². The number of nitrogens with zero attached hydrogens (tertiary/aromatic N) is 2. The lowest BCUT2D eigenvalue weighted by molar-refractivity contribution is 0.373.